The monoisotopic (exact) mass is 437 g/mol. The molecular weight excluding hydrogens is 410 g/mol. The Hall–Kier alpha value is -3.39. The fourth-order valence-corrected chi connectivity index (χ4v) is 4.23. The number of fused-ring (bicyclic) bond motifs is 3. The van der Waals surface area contributed by atoms with Gasteiger partial charge in [0.2, 0.25) is 5.91 Å². The second-order valence-corrected chi connectivity index (χ2v) is 8.11. The number of carboxylic acids is 1. The number of hydrogen-bond acceptors (Lipinski definition) is 5. The summed E-state index contributed by atoms with van der Waals surface area (Å²) in [6.07, 6.45) is -0.172. The van der Waals surface area contributed by atoms with E-state index in [0.29, 0.717) is 13.1 Å². The topological polar surface area (TPSA) is 108 Å². The van der Waals surface area contributed by atoms with Gasteiger partial charge in [-0.1, -0.05) is 48.5 Å². The Kier molecular flexibility index (Phi) is 6.70. The van der Waals surface area contributed by atoms with Crippen LogP contribution >= 0.6 is 0 Å². The number of benzene rings is 2. The summed E-state index contributed by atoms with van der Waals surface area (Å²) in [4.78, 5) is 38.3. The molecular formula is C24H27N3O5. The third kappa shape index (κ3) is 4.91. The summed E-state index contributed by atoms with van der Waals surface area (Å²) < 4.78 is 5.44. The third-order valence-electron chi connectivity index (χ3n) is 6.01. The van der Waals surface area contributed by atoms with Crippen LogP contribution < -0.4 is 10.6 Å². The lowest BCUT2D eigenvalue weighted by Crippen LogP contribution is -2.50. The van der Waals surface area contributed by atoms with Gasteiger partial charge >= 0.3 is 12.1 Å². The number of alkyl carbamates (subject to hydrolysis) is 1. The summed E-state index contributed by atoms with van der Waals surface area (Å²) in [6, 6.07) is 14.8. The molecule has 1 unspecified atom stereocenters. The third-order valence-corrected chi connectivity index (χ3v) is 6.01. The van der Waals surface area contributed by atoms with E-state index < -0.39 is 30.4 Å². The predicted molar refractivity (Wildman–Crippen MR) is 118 cm³/mol. The number of ether oxygens (including phenoxy) is 1. The van der Waals surface area contributed by atoms with E-state index in [9.17, 15) is 14.4 Å². The Morgan fingerprint density at radius 1 is 1.03 bits per heavy atom. The summed E-state index contributed by atoms with van der Waals surface area (Å²) in [6.45, 7) is 3.22. The van der Waals surface area contributed by atoms with Gasteiger partial charge < -0.3 is 25.4 Å². The number of carbonyl (C=O) groups is 3. The maximum absolute atomic E-state index is 12.4. The number of hydrogen-bond donors (Lipinski definition) is 3. The van der Waals surface area contributed by atoms with Gasteiger partial charge in [0.05, 0.1) is 6.42 Å². The van der Waals surface area contributed by atoms with Gasteiger partial charge in [-0.3, -0.25) is 9.59 Å². The molecule has 1 aliphatic heterocycles. The lowest BCUT2D eigenvalue weighted by Gasteiger charge is -2.30. The smallest absolute Gasteiger partial charge is 0.407 e. The van der Waals surface area contributed by atoms with Crippen molar-refractivity contribution in [3.63, 3.8) is 0 Å². The lowest BCUT2D eigenvalue weighted by atomic mass is 9.98. The zero-order valence-corrected chi connectivity index (χ0v) is 17.8. The lowest BCUT2D eigenvalue weighted by molar-refractivity contribution is -0.139. The van der Waals surface area contributed by atoms with Gasteiger partial charge in [0.1, 0.15) is 12.6 Å². The Morgan fingerprint density at radius 3 is 2.22 bits per heavy atom. The van der Waals surface area contributed by atoms with Crippen molar-refractivity contribution in [3.8, 4) is 11.1 Å². The molecule has 1 aliphatic carbocycles. The van der Waals surface area contributed by atoms with Crippen LogP contribution in [0.25, 0.3) is 11.1 Å². The van der Waals surface area contributed by atoms with Crippen molar-refractivity contribution in [1.29, 1.82) is 0 Å². The predicted octanol–water partition coefficient (Wildman–Crippen LogP) is 2.19. The van der Waals surface area contributed by atoms with Gasteiger partial charge in [0.25, 0.3) is 0 Å². The van der Waals surface area contributed by atoms with Crippen LogP contribution in [-0.2, 0) is 14.3 Å². The molecule has 4 rings (SSSR count). The van der Waals surface area contributed by atoms with Crippen molar-refractivity contribution in [2.75, 3.05) is 32.8 Å². The molecule has 0 bridgehead atoms. The molecule has 0 spiro atoms. The van der Waals surface area contributed by atoms with Crippen LogP contribution in [0.2, 0.25) is 0 Å². The average Bonchev–Trinajstić information content (AvgIpc) is 3.07. The molecule has 8 nitrogen and oxygen atoms in total. The van der Waals surface area contributed by atoms with Crippen LogP contribution in [0.4, 0.5) is 4.79 Å². The normalized spacial score (nSPS) is 15.8. The molecule has 168 valence electrons. The molecule has 2 aromatic rings. The van der Waals surface area contributed by atoms with Crippen molar-refractivity contribution in [2.45, 2.75) is 24.8 Å². The number of aliphatic carboxylic acids is 1. The van der Waals surface area contributed by atoms with E-state index in [-0.39, 0.29) is 12.5 Å². The maximum atomic E-state index is 12.4. The van der Waals surface area contributed by atoms with E-state index in [0.717, 1.165) is 41.8 Å². The van der Waals surface area contributed by atoms with E-state index in [4.69, 9.17) is 9.84 Å². The first-order valence-corrected chi connectivity index (χ1v) is 10.9. The number of carbonyl (C=O) groups excluding carboxylic acids is 2. The quantitative estimate of drug-likeness (QED) is 0.555. The first-order chi connectivity index (χ1) is 15.5. The molecule has 32 heavy (non-hydrogen) atoms. The minimum absolute atomic E-state index is 0.0935. The number of carboxylic acid groups (broad SMARTS) is 1. The molecule has 1 heterocycles. The van der Waals surface area contributed by atoms with Crippen LogP contribution in [0.5, 0.6) is 0 Å². The number of rotatable bonds is 9. The molecule has 0 radical (unpaired) electrons. The SMILES string of the molecule is O=C(O)CC(NC(=O)OCC1c2ccccc2-c2ccccc21)C(=O)NCCN1CCC1. The van der Waals surface area contributed by atoms with Crippen molar-refractivity contribution in [2.24, 2.45) is 0 Å². The zero-order chi connectivity index (χ0) is 22.5. The van der Waals surface area contributed by atoms with E-state index in [1.807, 2.05) is 48.5 Å². The Morgan fingerprint density at radius 2 is 1.66 bits per heavy atom. The number of likely N-dealkylation sites (tertiary alicyclic amines) is 1. The summed E-state index contributed by atoms with van der Waals surface area (Å²) in [5.41, 5.74) is 4.38. The molecule has 2 aliphatic rings. The van der Waals surface area contributed by atoms with Crippen LogP contribution in [0.3, 0.4) is 0 Å². The molecule has 2 amide bonds. The van der Waals surface area contributed by atoms with Crippen molar-refractivity contribution in [3.05, 3.63) is 59.7 Å². The zero-order valence-electron chi connectivity index (χ0n) is 17.8. The highest BCUT2D eigenvalue weighted by Crippen LogP contribution is 2.44. The summed E-state index contributed by atoms with van der Waals surface area (Å²) in [7, 11) is 0. The Bertz CT molecular complexity index is 959. The first kappa shape index (κ1) is 21.8. The first-order valence-electron chi connectivity index (χ1n) is 10.9. The molecule has 0 saturated carbocycles. The molecule has 0 aromatic heterocycles. The molecule has 3 N–H and O–H groups in total. The van der Waals surface area contributed by atoms with E-state index in [1.165, 1.54) is 0 Å². The van der Waals surface area contributed by atoms with Crippen molar-refractivity contribution in [1.82, 2.24) is 15.5 Å². The van der Waals surface area contributed by atoms with Gasteiger partial charge in [0.15, 0.2) is 0 Å². The molecule has 1 fully saturated rings. The van der Waals surface area contributed by atoms with E-state index in [2.05, 4.69) is 15.5 Å². The highest BCUT2D eigenvalue weighted by Gasteiger charge is 2.30. The van der Waals surface area contributed by atoms with Crippen LogP contribution in [0.1, 0.15) is 29.9 Å². The average molecular weight is 437 g/mol. The van der Waals surface area contributed by atoms with Gasteiger partial charge in [-0.2, -0.15) is 0 Å². The van der Waals surface area contributed by atoms with E-state index >= 15 is 0 Å². The summed E-state index contributed by atoms with van der Waals surface area (Å²) in [5.74, 6) is -1.82. The molecule has 8 heteroatoms. The van der Waals surface area contributed by atoms with Crippen molar-refractivity contribution >= 4 is 18.0 Å². The number of nitrogens with one attached hydrogen (secondary N) is 2. The fourth-order valence-electron chi connectivity index (χ4n) is 4.23. The van der Waals surface area contributed by atoms with Gasteiger partial charge in [-0.15, -0.1) is 0 Å². The van der Waals surface area contributed by atoms with Crippen LogP contribution in [0, 0.1) is 0 Å². The fraction of sp³-hybridized carbons (Fsp3) is 0.375. The highest BCUT2D eigenvalue weighted by atomic mass is 16.5. The molecule has 1 atom stereocenters. The summed E-state index contributed by atoms with van der Waals surface area (Å²) in [5, 5.41) is 14.3. The maximum Gasteiger partial charge on any atom is 0.407 e. The minimum atomic E-state index is -1.19. The minimum Gasteiger partial charge on any atom is -0.481 e. The Labute approximate surface area is 186 Å². The van der Waals surface area contributed by atoms with Crippen molar-refractivity contribution < 1.29 is 24.2 Å². The van der Waals surface area contributed by atoms with Gasteiger partial charge in [0, 0.05) is 19.0 Å². The largest absolute Gasteiger partial charge is 0.481 e. The second-order valence-electron chi connectivity index (χ2n) is 8.11. The van der Waals surface area contributed by atoms with E-state index in [1.54, 1.807) is 0 Å². The molecule has 2 aromatic carbocycles. The second kappa shape index (κ2) is 9.82. The number of amides is 2. The van der Waals surface area contributed by atoms with Gasteiger partial charge in [-0.25, -0.2) is 4.79 Å². The standard InChI is InChI=1S/C24H27N3O5/c28-22(29)14-21(23(30)25-10-13-27-11-5-12-27)26-24(31)32-15-20-18-8-3-1-6-16(18)17-7-2-4-9-19(17)20/h1-4,6-9,20-21H,5,10-15H2,(H,25,30)(H,26,31)(H,28,29). The summed E-state index contributed by atoms with van der Waals surface area (Å²) >= 11 is 0. The highest BCUT2D eigenvalue weighted by molar-refractivity contribution is 5.89. The molecule has 1 saturated heterocycles. The van der Waals surface area contributed by atoms with Crippen LogP contribution in [-0.4, -0.2) is 66.8 Å². The number of nitrogens with zero attached hydrogens (tertiary/aromatic N) is 1. The Balaban J connectivity index is 1.35. The van der Waals surface area contributed by atoms with Crippen LogP contribution in [0.15, 0.2) is 48.5 Å². The van der Waals surface area contributed by atoms with Gasteiger partial charge in [-0.05, 0) is 41.8 Å².